The van der Waals surface area contributed by atoms with Crippen molar-refractivity contribution >= 4 is 39.4 Å². The third-order valence-electron chi connectivity index (χ3n) is 6.72. The summed E-state index contributed by atoms with van der Waals surface area (Å²) in [6, 6.07) is 26.1. The molecule has 0 spiro atoms. The summed E-state index contributed by atoms with van der Waals surface area (Å²) in [6.07, 6.45) is 2.66. The van der Waals surface area contributed by atoms with E-state index in [-0.39, 0.29) is 19.1 Å². The summed E-state index contributed by atoms with van der Waals surface area (Å²) < 4.78 is 37.0. The Morgan fingerprint density at radius 2 is 1.52 bits per heavy atom. The van der Waals surface area contributed by atoms with Crippen LogP contribution >= 0.6 is 0 Å². The van der Waals surface area contributed by atoms with Crippen LogP contribution in [0.3, 0.4) is 0 Å². The number of hydrogen-bond donors (Lipinski definition) is 2. The SMILES string of the molecule is COc1ccc(NC(=O)COc2ccc(/C=N\NC(=O)c3ccc(CN(c4ccc(C)c(C)c4)S(C)(=O)=O)cc3)cc2)cc1. The number of amides is 2. The molecule has 0 unspecified atom stereocenters. The number of hydrazone groups is 1. The zero-order valence-corrected chi connectivity index (χ0v) is 25.7. The molecular formula is C33H34N4O6S. The average Bonchev–Trinajstić information content (AvgIpc) is 3.01. The van der Waals surface area contributed by atoms with Crippen molar-refractivity contribution < 1.29 is 27.5 Å². The highest BCUT2D eigenvalue weighted by atomic mass is 32.2. The number of hydrogen-bond acceptors (Lipinski definition) is 7. The van der Waals surface area contributed by atoms with Gasteiger partial charge in [-0.2, -0.15) is 5.10 Å². The number of aryl methyl sites for hydroxylation is 2. The van der Waals surface area contributed by atoms with E-state index in [1.165, 1.54) is 16.8 Å². The van der Waals surface area contributed by atoms with Gasteiger partial charge in [0.2, 0.25) is 10.0 Å². The quantitative estimate of drug-likeness (QED) is 0.170. The molecule has 4 rings (SSSR count). The molecule has 0 aromatic heterocycles. The van der Waals surface area contributed by atoms with Gasteiger partial charge < -0.3 is 14.8 Å². The van der Waals surface area contributed by atoms with Crippen LogP contribution in [0.15, 0.2) is 96.1 Å². The third-order valence-corrected chi connectivity index (χ3v) is 7.87. The topological polar surface area (TPSA) is 126 Å². The van der Waals surface area contributed by atoms with Crippen LogP contribution in [0.4, 0.5) is 11.4 Å². The van der Waals surface area contributed by atoms with Crippen molar-refractivity contribution in [1.29, 1.82) is 0 Å². The fourth-order valence-corrected chi connectivity index (χ4v) is 4.99. The molecular weight excluding hydrogens is 580 g/mol. The molecule has 0 aliphatic rings. The van der Waals surface area contributed by atoms with Gasteiger partial charge in [-0.25, -0.2) is 13.8 Å². The lowest BCUT2D eigenvalue weighted by atomic mass is 10.1. The molecule has 4 aromatic rings. The molecule has 11 heteroatoms. The number of sulfonamides is 1. The predicted molar refractivity (Wildman–Crippen MR) is 172 cm³/mol. The van der Waals surface area contributed by atoms with Crippen LogP contribution in [0.25, 0.3) is 0 Å². The van der Waals surface area contributed by atoms with Gasteiger partial charge in [0.25, 0.3) is 11.8 Å². The van der Waals surface area contributed by atoms with Crippen molar-refractivity contribution in [2.45, 2.75) is 20.4 Å². The third kappa shape index (κ3) is 8.92. The second kappa shape index (κ2) is 14.3. The van der Waals surface area contributed by atoms with E-state index in [1.807, 2.05) is 26.0 Å². The van der Waals surface area contributed by atoms with E-state index >= 15 is 0 Å². The van der Waals surface area contributed by atoms with Crippen LogP contribution in [0.2, 0.25) is 0 Å². The Hall–Kier alpha value is -5.16. The minimum absolute atomic E-state index is 0.133. The van der Waals surface area contributed by atoms with Crippen molar-refractivity contribution in [2.24, 2.45) is 5.10 Å². The number of carbonyl (C=O) groups excluding carboxylic acids is 2. The lowest BCUT2D eigenvalue weighted by Gasteiger charge is -2.23. The molecule has 0 aliphatic heterocycles. The first kappa shape index (κ1) is 31.8. The molecule has 44 heavy (non-hydrogen) atoms. The smallest absolute Gasteiger partial charge is 0.271 e. The molecule has 0 radical (unpaired) electrons. The number of carbonyl (C=O) groups is 2. The first-order valence-electron chi connectivity index (χ1n) is 13.7. The number of anilines is 2. The van der Waals surface area contributed by atoms with E-state index in [9.17, 15) is 18.0 Å². The van der Waals surface area contributed by atoms with Crippen molar-refractivity contribution in [3.05, 3.63) is 119 Å². The van der Waals surface area contributed by atoms with E-state index < -0.39 is 15.9 Å². The van der Waals surface area contributed by atoms with Crippen LogP contribution in [-0.2, 0) is 21.4 Å². The van der Waals surface area contributed by atoms with E-state index in [1.54, 1.807) is 86.0 Å². The molecule has 0 atom stereocenters. The first-order chi connectivity index (χ1) is 21.0. The monoisotopic (exact) mass is 614 g/mol. The van der Waals surface area contributed by atoms with Gasteiger partial charge in [-0.1, -0.05) is 18.2 Å². The van der Waals surface area contributed by atoms with Crippen LogP contribution in [0, 0.1) is 13.8 Å². The van der Waals surface area contributed by atoms with E-state index in [2.05, 4.69) is 15.8 Å². The van der Waals surface area contributed by atoms with Crippen LogP contribution in [-0.4, -0.2) is 46.4 Å². The molecule has 0 saturated heterocycles. The number of nitrogens with zero attached hydrogens (tertiary/aromatic N) is 2. The number of methoxy groups -OCH3 is 1. The van der Waals surface area contributed by atoms with Crippen molar-refractivity contribution in [1.82, 2.24) is 5.43 Å². The number of rotatable bonds is 12. The lowest BCUT2D eigenvalue weighted by molar-refractivity contribution is -0.118. The summed E-state index contributed by atoms with van der Waals surface area (Å²) in [7, 11) is -1.96. The number of benzene rings is 4. The van der Waals surface area contributed by atoms with Crippen molar-refractivity contribution in [3.63, 3.8) is 0 Å². The van der Waals surface area contributed by atoms with Crippen LogP contribution in [0.1, 0.15) is 32.6 Å². The van der Waals surface area contributed by atoms with Crippen molar-refractivity contribution in [2.75, 3.05) is 29.6 Å². The predicted octanol–water partition coefficient (Wildman–Crippen LogP) is 5.06. The summed E-state index contributed by atoms with van der Waals surface area (Å²) in [4.78, 5) is 24.7. The summed E-state index contributed by atoms with van der Waals surface area (Å²) >= 11 is 0. The van der Waals surface area contributed by atoms with Gasteiger partial charge in [0.05, 0.1) is 31.8 Å². The zero-order valence-electron chi connectivity index (χ0n) is 24.9. The largest absolute Gasteiger partial charge is 0.497 e. The van der Waals surface area contributed by atoms with Gasteiger partial charge in [-0.15, -0.1) is 0 Å². The van der Waals surface area contributed by atoms with Gasteiger partial charge in [-0.3, -0.25) is 13.9 Å². The molecule has 228 valence electrons. The van der Waals surface area contributed by atoms with Crippen LogP contribution in [0.5, 0.6) is 11.5 Å². The van der Waals surface area contributed by atoms with E-state index in [0.29, 0.717) is 34.0 Å². The second-order valence-corrected chi connectivity index (χ2v) is 12.0. The Morgan fingerprint density at radius 1 is 0.864 bits per heavy atom. The summed E-state index contributed by atoms with van der Waals surface area (Å²) in [5.74, 6) is 0.486. The zero-order chi connectivity index (χ0) is 31.7. The van der Waals surface area contributed by atoms with Crippen molar-refractivity contribution in [3.8, 4) is 11.5 Å². The van der Waals surface area contributed by atoms with Gasteiger partial charge >= 0.3 is 0 Å². The minimum atomic E-state index is -3.53. The molecule has 2 N–H and O–H groups in total. The Morgan fingerprint density at radius 3 is 2.14 bits per heavy atom. The fourth-order valence-electron chi connectivity index (χ4n) is 4.11. The molecule has 0 fully saturated rings. The lowest BCUT2D eigenvalue weighted by Crippen LogP contribution is -2.29. The highest BCUT2D eigenvalue weighted by Crippen LogP contribution is 2.24. The summed E-state index contributed by atoms with van der Waals surface area (Å²) in [6.45, 7) is 3.88. The standard InChI is InChI=1S/C33H34N4O6S/c1-23-5-14-29(19-24(23)2)37(44(4,40)41)21-26-6-10-27(11-7-26)33(39)36-34-20-25-8-15-31(16-9-25)43-22-32(38)35-28-12-17-30(42-3)18-13-28/h5-20H,21-22H2,1-4H3,(H,35,38)(H,36,39)/b34-20-. The first-order valence-corrected chi connectivity index (χ1v) is 15.5. The molecule has 2 amide bonds. The Balaban J connectivity index is 1.27. The average molecular weight is 615 g/mol. The molecule has 0 saturated carbocycles. The highest BCUT2D eigenvalue weighted by Gasteiger charge is 2.18. The molecule has 4 aromatic carbocycles. The number of ether oxygens (including phenoxy) is 2. The Kier molecular flexibility index (Phi) is 10.4. The van der Waals surface area contributed by atoms with Gasteiger partial charge in [0, 0.05) is 11.3 Å². The summed E-state index contributed by atoms with van der Waals surface area (Å²) in [5.41, 5.74) is 7.60. The molecule has 10 nitrogen and oxygen atoms in total. The fraction of sp³-hybridized carbons (Fsp3) is 0.182. The Labute approximate surface area is 257 Å². The molecule has 0 heterocycles. The van der Waals surface area contributed by atoms with Gasteiger partial charge in [0.15, 0.2) is 6.61 Å². The highest BCUT2D eigenvalue weighted by molar-refractivity contribution is 7.92. The second-order valence-electron chi connectivity index (χ2n) is 10.1. The maximum atomic E-state index is 12.6. The van der Waals surface area contributed by atoms with Gasteiger partial charge in [-0.05, 0) is 109 Å². The maximum absolute atomic E-state index is 12.6. The number of nitrogens with one attached hydrogen (secondary N) is 2. The van der Waals surface area contributed by atoms with Gasteiger partial charge in [0.1, 0.15) is 11.5 Å². The maximum Gasteiger partial charge on any atom is 0.271 e. The van der Waals surface area contributed by atoms with E-state index in [4.69, 9.17) is 9.47 Å². The minimum Gasteiger partial charge on any atom is -0.497 e. The Bertz CT molecular complexity index is 1740. The van der Waals surface area contributed by atoms with E-state index in [0.717, 1.165) is 16.7 Å². The molecule has 0 aliphatic carbocycles. The summed E-state index contributed by atoms with van der Waals surface area (Å²) in [5, 5.41) is 6.76. The normalized spacial score (nSPS) is 11.2. The van der Waals surface area contributed by atoms with Crippen LogP contribution < -0.4 is 24.5 Å². The molecule has 0 bridgehead atoms.